The second kappa shape index (κ2) is 7.34. The minimum atomic E-state index is 0.684. The van der Waals surface area contributed by atoms with Crippen LogP contribution in [0.4, 0.5) is 11.6 Å². The average Bonchev–Trinajstić information content (AvgIpc) is 2.32. The van der Waals surface area contributed by atoms with E-state index in [1.165, 1.54) is 12.2 Å². The van der Waals surface area contributed by atoms with Crippen LogP contribution in [0.1, 0.15) is 24.2 Å². The molecule has 0 saturated heterocycles. The Bertz CT molecular complexity index is 356. The van der Waals surface area contributed by atoms with Crippen molar-refractivity contribution in [3.63, 3.8) is 0 Å². The van der Waals surface area contributed by atoms with Gasteiger partial charge in [-0.05, 0) is 38.7 Å². The zero-order valence-electron chi connectivity index (χ0n) is 10.7. The fourth-order valence-corrected chi connectivity index (χ4v) is 2.01. The topological polar surface area (TPSA) is 75.9 Å². The van der Waals surface area contributed by atoms with Gasteiger partial charge in [0.15, 0.2) is 0 Å². The van der Waals surface area contributed by atoms with Crippen molar-refractivity contribution in [2.24, 2.45) is 5.84 Å². The van der Waals surface area contributed by atoms with Crippen LogP contribution < -0.4 is 16.6 Å². The molecule has 0 amide bonds. The number of nitrogens with one attached hydrogen (secondary N) is 2. The molecule has 1 aromatic rings. The summed E-state index contributed by atoms with van der Waals surface area (Å²) in [5.41, 5.74) is 3.55. The van der Waals surface area contributed by atoms with E-state index in [1.54, 1.807) is 0 Å². The summed E-state index contributed by atoms with van der Waals surface area (Å²) in [6, 6.07) is 0. The predicted octanol–water partition coefficient (Wildman–Crippen LogP) is 1.93. The molecule has 4 N–H and O–H groups in total. The van der Waals surface area contributed by atoms with E-state index in [1.807, 2.05) is 25.6 Å². The highest BCUT2D eigenvalue weighted by Crippen LogP contribution is 2.18. The Morgan fingerprint density at radius 1 is 1.18 bits per heavy atom. The summed E-state index contributed by atoms with van der Waals surface area (Å²) >= 11 is 1.88. The van der Waals surface area contributed by atoms with Crippen molar-refractivity contribution in [1.29, 1.82) is 0 Å². The minimum absolute atomic E-state index is 0.684. The highest BCUT2D eigenvalue weighted by atomic mass is 32.2. The number of anilines is 2. The Balaban J connectivity index is 2.55. The molecule has 0 saturated carbocycles. The molecule has 1 heterocycles. The summed E-state index contributed by atoms with van der Waals surface area (Å²) in [4.78, 5) is 8.60. The fraction of sp³-hybridized carbons (Fsp3) is 0.636. The zero-order valence-corrected chi connectivity index (χ0v) is 11.5. The third-order valence-corrected chi connectivity index (χ3v) is 3.16. The fourth-order valence-electron chi connectivity index (χ4n) is 1.52. The van der Waals surface area contributed by atoms with Gasteiger partial charge in [0.2, 0.25) is 0 Å². The molecule has 0 aliphatic carbocycles. The lowest BCUT2D eigenvalue weighted by Crippen LogP contribution is -2.14. The normalized spacial score (nSPS) is 10.4. The molecule has 96 valence electrons. The third-order valence-electron chi connectivity index (χ3n) is 2.46. The van der Waals surface area contributed by atoms with Gasteiger partial charge < -0.3 is 10.7 Å². The van der Waals surface area contributed by atoms with Crippen molar-refractivity contribution in [2.45, 2.75) is 26.7 Å². The second-order valence-corrected chi connectivity index (χ2v) is 4.85. The number of aromatic nitrogens is 2. The molecule has 1 aromatic heterocycles. The molecule has 0 atom stereocenters. The van der Waals surface area contributed by atoms with Gasteiger partial charge in [-0.2, -0.15) is 11.8 Å². The smallest absolute Gasteiger partial charge is 0.148 e. The molecule has 17 heavy (non-hydrogen) atoms. The lowest BCUT2D eigenvalue weighted by atomic mass is 10.3. The number of unbranched alkanes of at least 4 members (excludes halogenated alkanes) is 1. The Kier molecular flexibility index (Phi) is 6.07. The Morgan fingerprint density at radius 2 is 1.88 bits per heavy atom. The van der Waals surface area contributed by atoms with Crippen molar-refractivity contribution >= 4 is 23.4 Å². The van der Waals surface area contributed by atoms with Crippen LogP contribution in [0.25, 0.3) is 0 Å². The van der Waals surface area contributed by atoms with E-state index in [2.05, 4.69) is 27.0 Å². The number of nitrogen functional groups attached to an aromatic ring is 1. The van der Waals surface area contributed by atoms with E-state index in [4.69, 9.17) is 5.84 Å². The number of thioether (sulfide) groups is 1. The zero-order chi connectivity index (χ0) is 12.7. The maximum atomic E-state index is 5.41. The first-order valence-corrected chi connectivity index (χ1v) is 7.13. The minimum Gasteiger partial charge on any atom is -0.370 e. The SMILES string of the molecule is CSCCCCNc1nc(C)nc(NN)c1C. The molecule has 0 aromatic carbocycles. The molecule has 0 unspecified atom stereocenters. The van der Waals surface area contributed by atoms with Crippen LogP contribution in [0.5, 0.6) is 0 Å². The molecule has 0 aliphatic heterocycles. The number of hydrogen-bond donors (Lipinski definition) is 3. The number of nitrogens with two attached hydrogens (primary N) is 1. The standard InChI is InChI=1S/C11H21N5S/c1-8-10(13-6-4-5-7-17-3)14-9(2)15-11(8)16-12/h4-7,12H2,1-3H3,(H2,13,14,15,16). The molecular formula is C11H21N5S. The highest BCUT2D eigenvalue weighted by molar-refractivity contribution is 7.98. The van der Waals surface area contributed by atoms with Gasteiger partial charge in [0, 0.05) is 12.1 Å². The molecule has 0 spiro atoms. The first-order chi connectivity index (χ1) is 8.19. The molecule has 0 bridgehead atoms. The van der Waals surface area contributed by atoms with Crippen molar-refractivity contribution in [1.82, 2.24) is 9.97 Å². The second-order valence-electron chi connectivity index (χ2n) is 3.86. The monoisotopic (exact) mass is 255 g/mol. The summed E-state index contributed by atoms with van der Waals surface area (Å²) in [7, 11) is 0. The lowest BCUT2D eigenvalue weighted by Gasteiger charge is -2.12. The summed E-state index contributed by atoms with van der Waals surface area (Å²) < 4.78 is 0. The van der Waals surface area contributed by atoms with Crippen molar-refractivity contribution in [3.8, 4) is 0 Å². The maximum Gasteiger partial charge on any atom is 0.148 e. The third kappa shape index (κ3) is 4.40. The van der Waals surface area contributed by atoms with Crippen molar-refractivity contribution < 1.29 is 0 Å². The van der Waals surface area contributed by atoms with E-state index in [-0.39, 0.29) is 0 Å². The van der Waals surface area contributed by atoms with E-state index in [9.17, 15) is 0 Å². The van der Waals surface area contributed by atoms with Crippen molar-refractivity contribution in [3.05, 3.63) is 11.4 Å². The number of aryl methyl sites for hydroxylation is 1. The number of rotatable bonds is 7. The number of hydrazine groups is 1. The largest absolute Gasteiger partial charge is 0.370 e. The number of nitrogens with zero attached hydrogens (tertiary/aromatic N) is 2. The van der Waals surface area contributed by atoms with Crippen LogP contribution >= 0.6 is 11.8 Å². The maximum absolute atomic E-state index is 5.41. The van der Waals surface area contributed by atoms with Crippen LogP contribution in [-0.2, 0) is 0 Å². The first-order valence-electron chi connectivity index (χ1n) is 5.73. The van der Waals surface area contributed by atoms with Gasteiger partial charge in [-0.1, -0.05) is 0 Å². The van der Waals surface area contributed by atoms with E-state index < -0.39 is 0 Å². The molecule has 0 fully saturated rings. The van der Waals surface area contributed by atoms with Crippen LogP contribution in [0.15, 0.2) is 0 Å². The lowest BCUT2D eigenvalue weighted by molar-refractivity contribution is 0.836. The van der Waals surface area contributed by atoms with Gasteiger partial charge >= 0.3 is 0 Å². The average molecular weight is 255 g/mol. The Hall–Kier alpha value is -1.01. The quantitative estimate of drug-likeness (QED) is 0.393. The first kappa shape index (κ1) is 14.1. The molecule has 0 radical (unpaired) electrons. The van der Waals surface area contributed by atoms with E-state index in [0.717, 1.165) is 30.2 Å². The van der Waals surface area contributed by atoms with Crippen LogP contribution in [0, 0.1) is 13.8 Å². The summed E-state index contributed by atoms with van der Waals surface area (Å²) in [6.45, 7) is 4.75. The Labute approximate surface area is 107 Å². The van der Waals surface area contributed by atoms with Gasteiger partial charge in [-0.25, -0.2) is 15.8 Å². The Morgan fingerprint density at radius 3 is 2.53 bits per heavy atom. The van der Waals surface area contributed by atoms with Gasteiger partial charge in [0.1, 0.15) is 17.5 Å². The summed E-state index contributed by atoms with van der Waals surface area (Å²) in [5, 5.41) is 3.33. The summed E-state index contributed by atoms with van der Waals surface area (Å²) in [5.74, 6) is 8.89. The molecular weight excluding hydrogens is 234 g/mol. The van der Waals surface area contributed by atoms with Crippen LogP contribution in [0.2, 0.25) is 0 Å². The molecule has 5 nitrogen and oxygen atoms in total. The van der Waals surface area contributed by atoms with Crippen LogP contribution in [0.3, 0.4) is 0 Å². The van der Waals surface area contributed by atoms with Gasteiger partial charge in [0.25, 0.3) is 0 Å². The van der Waals surface area contributed by atoms with Crippen LogP contribution in [-0.4, -0.2) is 28.5 Å². The predicted molar refractivity (Wildman–Crippen MR) is 75.4 cm³/mol. The molecule has 1 rings (SSSR count). The number of hydrogen-bond acceptors (Lipinski definition) is 6. The van der Waals surface area contributed by atoms with Crippen molar-refractivity contribution in [2.75, 3.05) is 29.3 Å². The van der Waals surface area contributed by atoms with Gasteiger partial charge in [-0.15, -0.1) is 0 Å². The van der Waals surface area contributed by atoms with E-state index >= 15 is 0 Å². The van der Waals surface area contributed by atoms with E-state index in [0.29, 0.717) is 5.82 Å². The molecule has 6 heteroatoms. The van der Waals surface area contributed by atoms with Gasteiger partial charge in [-0.3, -0.25) is 0 Å². The van der Waals surface area contributed by atoms with Gasteiger partial charge in [0.05, 0.1) is 0 Å². The highest BCUT2D eigenvalue weighted by Gasteiger charge is 2.07. The summed E-state index contributed by atoms with van der Waals surface area (Å²) in [6.07, 6.45) is 4.50. The molecule has 0 aliphatic rings.